The molecule has 0 unspecified atom stereocenters. The van der Waals surface area contributed by atoms with Crippen molar-refractivity contribution in [3.63, 3.8) is 0 Å². The molecule has 0 saturated heterocycles. The van der Waals surface area contributed by atoms with Gasteiger partial charge in [0.1, 0.15) is 0 Å². The molecule has 130 valence electrons. The average molecular weight is 354 g/mol. The first-order valence-corrected chi connectivity index (χ1v) is 7.90. The van der Waals surface area contributed by atoms with Gasteiger partial charge in [-0.3, -0.25) is 0 Å². The zero-order valence-corrected chi connectivity index (χ0v) is 14.1. The Hall–Kier alpha value is -3.06. The van der Waals surface area contributed by atoms with Crippen LogP contribution in [0.15, 0.2) is 48.5 Å². The molecule has 0 atom stereocenters. The lowest BCUT2D eigenvalue weighted by Crippen LogP contribution is -1.98. The minimum atomic E-state index is -1.26. The van der Waals surface area contributed by atoms with Crippen LogP contribution in [0.2, 0.25) is 0 Å². The fraction of sp³-hybridized carbons (Fsp3) is 0.0909. The lowest BCUT2D eigenvalue weighted by molar-refractivity contribution is 0.497. The molecular weight excluding hydrogens is 340 g/mol. The Morgan fingerprint density at radius 3 is 1.81 bits per heavy atom. The molecule has 0 aliphatic rings. The summed E-state index contributed by atoms with van der Waals surface area (Å²) in [4.78, 5) is 0. The van der Waals surface area contributed by atoms with Gasteiger partial charge in [-0.25, -0.2) is 17.6 Å². The second-order valence-electron chi connectivity index (χ2n) is 5.96. The fourth-order valence-corrected chi connectivity index (χ4v) is 2.48. The van der Waals surface area contributed by atoms with Crippen molar-refractivity contribution in [1.29, 1.82) is 0 Å². The van der Waals surface area contributed by atoms with Crippen molar-refractivity contribution in [2.75, 3.05) is 0 Å². The van der Waals surface area contributed by atoms with Gasteiger partial charge in [0.15, 0.2) is 23.3 Å². The van der Waals surface area contributed by atoms with Crippen LogP contribution in [0.1, 0.15) is 22.3 Å². The van der Waals surface area contributed by atoms with E-state index in [-0.39, 0.29) is 22.3 Å². The van der Waals surface area contributed by atoms with Crippen molar-refractivity contribution < 1.29 is 17.6 Å². The first-order valence-electron chi connectivity index (χ1n) is 7.90. The monoisotopic (exact) mass is 354 g/mol. The van der Waals surface area contributed by atoms with Gasteiger partial charge in [-0.15, -0.1) is 0 Å². The molecule has 3 aromatic carbocycles. The molecule has 26 heavy (non-hydrogen) atoms. The molecule has 0 nitrogen and oxygen atoms in total. The van der Waals surface area contributed by atoms with Crippen LogP contribution < -0.4 is 0 Å². The van der Waals surface area contributed by atoms with E-state index >= 15 is 0 Å². The first-order chi connectivity index (χ1) is 12.4. The lowest BCUT2D eigenvalue weighted by Gasteiger charge is -2.09. The van der Waals surface area contributed by atoms with E-state index < -0.39 is 23.3 Å². The molecule has 0 spiro atoms. The molecule has 0 N–H and O–H groups in total. The fourth-order valence-electron chi connectivity index (χ4n) is 2.48. The highest BCUT2D eigenvalue weighted by Crippen LogP contribution is 2.30. The number of hydrogen-bond acceptors (Lipinski definition) is 0. The van der Waals surface area contributed by atoms with E-state index in [9.17, 15) is 17.6 Å². The summed E-state index contributed by atoms with van der Waals surface area (Å²) in [5.41, 5.74) is 0.977. The second-order valence-corrected chi connectivity index (χ2v) is 5.96. The van der Waals surface area contributed by atoms with Gasteiger partial charge in [-0.2, -0.15) is 0 Å². The van der Waals surface area contributed by atoms with Gasteiger partial charge in [0.05, 0.1) is 5.56 Å². The molecule has 0 aliphatic carbocycles. The van der Waals surface area contributed by atoms with Crippen LogP contribution in [-0.4, -0.2) is 0 Å². The Kier molecular flexibility index (Phi) is 4.81. The second kappa shape index (κ2) is 7.05. The number of benzene rings is 3. The van der Waals surface area contributed by atoms with Crippen LogP contribution >= 0.6 is 0 Å². The summed E-state index contributed by atoms with van der Waals surface area (Å²) in [5, 5.41) is 0. The quantitative estimate of drug-likeness (QED) is 0.375. The molecule has 0 aliphatic heterocycles. The van der Waals surface area contributed by atoms with Crippen molar-refractivity contribution in [1.82, 2.24) is 0 Å². The summed E-state index contributed by atoms with van der Waals surface area (Å²) < 4.78 is 56.5. The van der Waals surface area contributed by atoms with E-state index in [1.54, 1.807) is 12.1 Å². The normalized spacial score (nSPS) is 10.4. The molecule has 0 amide bonds. The van der Waals surface area contributed by atoms with E-state index in [0.29, 0.717) is 5.56 Å². The molecule has 3 rings (SSSR count). The maximum Gasteiger partial charge on any atom is 0.175 e. The summed E-state index contributed by atoms with van der Waals surface area (Å²) in [5.74, 6) is 0.585. The van der Waals surface area contributed by atoms with Gasteiger partial charge < -0.3 is 0 Å². The third-order valence-electron chi connectivity index (χ3n) is 4.04. The van der Waals surface area contributed by atoms with Crippen LogP contribution in [0, 0.1) is 49.0 Å². The molecule has 0 radical (unpaired) electrons. The van der Waals surface area contributed by atoms with E-state index in [1.807, 2.05) is 19.1 Å². The van der Waals surface area contributed by atoms with Gasteiger partial charge >= 0.3 is 0 Å². The van der Waals surface area contributed by atoms with E-state index in [0.717, 1.165) is 5.56 Å². The smallest absolute Gasteiger partial charge is 0.175 e. The van der Waals surface area contributed by atoms with Gasteiger partial charge in [0.25, 0.3) is 0 Å². The number of hydrogen-bond donors (Lipinski definition) is 0. The van der Waals surface area contributed by atoms with Crippen molar-refractivity contribution in [3.8, 4) is 23.0 Å². The summed E-state index contributed by atoms with van der Waals surface area (Å²) in [7, 11) is 0. The highest BCUT2D eigenvalue weighted by molar-refractivity contribution is 5.67. The molecule has 0 saturated carbocycles. The average Bonchev–Trinajstić information content (AvgIpc) is 2.63. The topological polar surface area (TPSA) is 0 Å². The molecule has 4 heteroatoms. The predicted molar refractivity (Wildman–Crippen MR) is 93.6 cm³/mol. The lowest BCUT2D eigenvalue weighted by atomic mass is 10.00. The zero-order chi connectivity index (χ0) is 18.8. The summed E-state index contributed by atoms with van der Waals surface area (Å²) in [6.07, 6.45) is 0. The van der Waals surface area contributed by atoms with Crippen molar-refractivity contribution in [2.45, 2.75) is 13.8 Å². The molecule has 3 aromatic rings. The van der Waals surface area contributed by atoms with Gasteiger partial charge in [-0.1, -0.05) is 41.7 Å². The van der Waals surface area contributed by atoms with Crippen molar-refractivity contribution in [2.24, 2.45) is 0 Å². The zero-order valence-electron chi connectivity index (χ0n) is 14.1. The van der Waals surface area contributed by atoms with Gasteiger partial charge in [0.2, 0.25) is 0 Å². The van der Waals surface area contributed by atoms with Gasteiger partial charge in [-0.05, 0) is 43.7 Å². The highest BCUT2D eigenvalue weighted by Gasteiger charge is 2.19. The SMILES string of the molecule is Cc1ccc(C#Cc2ccc(-c3ccc(C)c(F)c3F)c(F)c2F)cc1. The Morgan fingerprint density at radius 1 is 0.577 bits per heavy atom. The predicted octanol–water partition coefficient (Wildman–Crippen LogP) is 5.93. The third kappa shape index (κ3) is 3.34. The van der Waals surface area contributed by atoms with Crippen LogP contribution in [0.3, 0.4) is 0 Å². The first kappa shape index (κ1) is 17.8. The van der Waals surface area contributed by atoms with Crippen molar-refractivity contribution in [3.05, 3.63) is 94.1 Å². The maximum absolute atomic E-state index is 14.4. The number of rotatable bonds is 1. The molecular formula is C22H14F4. The van der Waals surface area contributed by atoms with E-state index in [2.05, 4.69) is 11.8 Å². The Morgan fingerprint density at radius 2 is 1.15 bits per heavy atom. The Balaban J connectivity index is 2.03. The molecule has 0 bridgehead atoms. The van der Waals surface area contributed by atoms with E-state index in [1.165, 1.54) is 31.2 Å². The third-order valence-corrected chi connectivity index (χ3v) is 4.04. The summed E-state index contributed by atoms with van der Waals surface area (Å²) >= 11 is 0. The van der Waals surface area contributed by atoms with Gasteiger partial charge in [0, 0.05) is 16.7 Å². The standard InChI is InChI=1S/C22H14F4/c1-13-3-6-15(7-4-13)8-9-16-10-12-18(22(26)20(16)24)17-11-5-14(2)19(23)21(17)25/h3-7,10-12H,1-2H3. The minimum Gasteiger partial charge on any atom is -0.203 e. The van der Waals surface area contributed by atoms with Crippen LogP contribution in [-0.2, 0) is 0 Å². The summed E-state index contributed by atoms with van der Waals surface area (Å²) in [6, 6.07) is 12.3. The van der Waals surface area contributed by atoms with E-state index in [4.69, 9.17) is 0 Å². The Labute approximate surface area is 149 Å². The van der Waals surface area contributed by atoms with Crippen LogP contribution in [0.5, 0.6) is 0 Å². The maximum atomic E-state index is 14.4. The van der Waals surface area contributed by atoms with Crippen LogP contribution in [0.4, 0.5) is 17.6 Å². The highest BCUT2D eigenvalue weighted by atomic mass is 19.2. The number of halogens is 4. The Bertz CT molecular complexity index is 1040. The molecule has 0 aromatic heterocycles. The summed E-state index contributed by atoms with van der Waals surface area (Å²) in [6.45, 7) is 3.32. The molecule has 0 fully saturated rings. The minimum absolute atomic E-state index is 0.0905. The number of aryl methyl sites for hydroxylation is 2. The largest absolute Gasteiger partial charge is 0.203 e. The van der Waals surface area contributed by atoms with Crippen molar-refractivity contribution >= 4 is 0 Å². The molecule has 0 heterocycles. The van der Waals surface area contributed by atoms with Crippen LogP contribution in [0.25, 0.3) is 11.1 Å².